The summed E-state index contributed by atoms with van der Waals surface area (Å²) in [5, 5.41) is 5.40. The molecule has 1 aromatic rings. The summed E-state index contributed by atoms with van der Waals surface area (Å²) in [7, 11) is 0. The van der Waals surface area contributed by atoms with Gasteiger partial charge in [-0.15, -0.1) is 11.6 Å². The van der Waals surface area contributed by atoms with Crippen LogP contribution in [0.5, 0.6) is 0 Å². The van der Waals surface area contributed by atoms with E-state index in [2.05, 4.69) is 10.6 Å². The van der Waals surface area contributed by atoms with Gasteiger partial charge in [0.2, 0.25) is 0 Å². The van der Waals surface area contributed by atoms with E-state index in [1.807, 2.05) is 24.3 Å². The summed E-state index contributed by atoms with van der Waals surface area (Å²) < 4.78 is 5.36. The van der Waals surface area contributed by atoms with Crippen molar-refractivity contribution in [3.8, 4) is 0 Å². The number of rotatable bonds is 4. The Morgan fingerprint density at radius 3 is 2.78 bits per heavy atom. The van der Waals surface area contributed by atoms with E-state index in [1.165, 1.54) is 5.56 Å². The average Bonchev–Trinajstić information content (AvgIpc) is 2.91. The number of halogens is 1. The van der Waals surface area contributed by atoms with Crippen molar-refractivity contribution in [2.75, 3.05) is 31.0 Å². The molecule has 0 spiro atoms. The monoisotopic (exact) mass is 268 g/mol. The summed E-state index contributed by atoms with van der Waals surface area (Å²) in [6.45, 7) is 2.10. The Labute approximate surface area is 112 Å². The summed E-state index contributed by atoms with van der Waals surface area (Å²) in [6.07, 6.45) is 1.07. The van der Waals surface area contributed by atoms with Crippen LogP contribution in [-0.4, -0.2) is 31.7 Å². The van der Waals surface area contributed by atoms with Crippen molar-refractivity contribution >= 4 is 23.3 Å². The first-order valence-electron chi connectivity index (χ1n) is 6.08. The van der Waals surface area contributed by atoms with Gasteiger partial charge in [-0.1, -0.05) is 12.1 Å². The second-order valence-electron chi connectivity index (χ2n) is 4.25. The highest BCUT2D eigenvalue weighted by molar-refractivity contribution is 6.18. The number of benzene rings is 1. The third kappa shape index (κ3) is 3.62. The number of amides is 2. The second kappa shape index (κ2) is 6.61. The number of nitrogens with one attached hydrogen (secondary N) is 2. The van der Waals surface area contributed by atoms with Crippen molar-refractivity contribution in [1.29, 1.82) is 0 Å². The van der Waals surface area contributed by atoms with Crippen LogP contribution in [0.2, 0.25) is 0 Å². The van der Waals surface area contributed by atoms with E-state index < -0.39 is 0 Å². The normalized spacial score (nSPS) is 18.6. The Morgan fingerprint density at radius 1 is 1.39 bits per heavy atom. The minimum Gasteiger partial charge on any atom is -0.381 e. The number of hydrogen-bond acceptors (Lipinski definition) is 2. The first kappa shape index (κ1) is 13.2. The zero-order chi connectivity index (χ0) is 12.8. The third-order valence-corrected chi connectivity index (χ3v) is 3.14. The summed E-state index contributed by atoms with van der Waals surface area (Å²) >= 11 is 5.49. The van der Waals surface area contributed by atoms with Crippen molar-refractivity contribution < 1.29 is 9.53 Å². The molecule has 2 N–H and O–H groups in total. The van der Waals surface area contributed by atoms with E-state index in [-0.39, 0.29) is 6.03 Å². The van der Waals surface area contributed by atoms with Gasteiger partial charge in [-0.05, 0) is 24.1 Å². The maximum absolute atomic E-state index is 11.4. The van der Waals surface area contributed by atoms with Gasteiger partial charge in [-0.3, -0.25) is 0 Å². The minimum atomic E-state index is -0.229. The molecule has 2 rings (SSSR count). The van der Waals surface area contributed by atoms with Crippen LogP contribution in [0.15, 0.2) is 24.3 Å². The fourth-order valence-corrected chi connectivity index (χ4v) is 2.07. The predicted molar refractivity (Wildman–Crippen MR) is 72.4 cm³/mol. The van der Waals surface area contributed by atoms with Crippen molar-refractivity contribution in [1.82, 2.24) is 5.32 Å². The maximum atomic E-state index is 11.4. The van der Waals surface area contributed by atoms with Crippen LogP contribution < -0.4 is 10.6 Å². The van der Waals surface area contributed by atoms with E-state index >= 15 is 0 Å². The summed E-state index contributed by atoms with van der Waals surface area (Å²) in [4.78, 5) is 11.4. The summed E-state index contributed by atoms with van der Waals surface area (Å²) in [6, 6.07) is 7.67. The average molecular weight is 269 g/mol. The molecule has 18 heavy (non-hydrogen) atoms. The van der Waals surface area contributed by atoms with E-state index in [1.54, 1.807) is 0 Å². The number of anilines is 1. The fourth-order valence-electron chi connectivity index (χ4n) is 1.97. The van der Waals surface area contributed by atoms with Crippen LogP contribution in [0.25, 0.3) is 0 Å². The second-order valence-corrected chi connectivity index (χ2v) is 4.63. The molecule has 1 heterocycles. The number of alkyl halides is 1. The SMILES string of the molecule is O=C(NCCCl)Nc1ccc(C2CCOC2)cc1. The van der Waals surface area contributed by atoms with Crippen LogP contribution in [0.3, 0.4) is 0 Å². The molecule has 1 aliphatic rings. The van der Waals surface area contributed by atoms with Gasteiger partial charge in [0.15, 0.2) is 0 Å². The van der Waals surface area contributed by atoms with Gasteiger partial charge >= 0.3 is 6.03 Å². The van der Waals surface area contributed by atoms with Crippen molar-refractivity contribution in [2.45, 2.75) is 12.3 Å². The maximum Gasteiger partial charge on any atom is 0.319 e. The Kier molecular flexibility index (Phi) is 4.84. The van der Waals surface area contributed by atoms with Gasteiger partial charge in [0, 0.05) is 30.6 Å². The van der Waals surface area contributed by atoms with Crippen molar-refractivity contribution in [3.05, 3.63) is 29.8 Å². The minimum absolute atomic E-state index is 0.229. The zero-order valence-electron chi connectivity index (χ0n) is 10.1. The topological polar surface area (TPSA) is 50.4 Å². The Bertz CT molecular complexity index is 388. The predicted octanol–water partition coefficient (Wildman–Crippen LogP) is 2.55. The largest absolute Gasteiger partial charge is 0.381 e. The van der Waals surface area contributed by atoms with E-state index in [0.717, 1.165) is 25.3 Å². The quantitative estimate of drug-likeness (QED) is 0.825. The Balaban J connectivity index is 1.88. The molecule has 1 atom stereocenters. The molecular formula is C13H17ClN2O2. The number of carbonyl (C=O) groups excluding carboxylic acids is 1. The first-order chi connectivity index (χ1) is 8.79. The van der Waals surface area contributed by atoms with Gasteiger partial charge in [0.05, 0.1) is 6.61 Å². The molecule has 0 aliphatic carbocycles. The molecule has 1 unspecified atom stereocenters. The lowest BCUT2D eigenvalue weighted by Crippen LogP contribution is -2.30. The van der Waals surface area contributed by atoms with Crippen molar-refractivity contribution in [3.63, 3.8) is 0 Å². The molecule has 0 saturated carbocycles. The zero-order valence-corrected chi connectivity index (χ0v) is 10.9. The lowest BCUT2D eigenvalue weighted by atomic mass is 9.98. The number of ether oxygens (including phenoxy) is 1. The molecule has 1 aliphatic heterocycles. The lowest BCUT2D eigenvalue weighted by molar-refractivity contribution is 0.194. The number of hydrogen-bond donors (Lipinski definition) is 2. The van der Waals surface area contributed by atoms with E-state index in [9.17, 15) is 4.79 Å². The molecule has 1 fully saturated rings. The van der Waals surface area contributed by atoms with Gasteiger partial charge in [-0.25, -0.2) is 4.79 Å². The van der Waals surface area contributed by atoms with Gasteiger partial charge in [0.1, 0.15) is 0 Å². The van der Waals surface area contributed by atoms with Crippen molar-refractivity contribution in [2.24, 2.45) is 0 Å². The summed E-state index contributed by atoms with van der Waals surface area (Å²) in [5.74, 6) is 0.901. The van der Waals surface area contributed by atoms with Crippen LogP contribution in [0.1, 0.15) is 17.9 Å². The van der Waals surface area contributed by atoms with Gasteiger partial charge in [0.25, 0.3) is 0 Å². The standard InChI is InChI=1S/C13H17ClN2O2/c14-6-7-15-13(17)16-12-3-1-10(2-4-12)11-5-8-18-9-11/h1-4,11H,5-9H2,(H2,15,16,17). The number of urea groups is 1. The van der Waals surface area contributed by atoms with Gasteiger partial charge < -0.3 is 15.4 Å². The van der Waals surface area contributed by atoms with E-state index in [0.29, 0.717) is 18.3 Å². The highest BCUT2D eigenvalue weighted by Crippen LogP contribution is 2.25. The highest BCUT2D eigenvalue weighted by atomic mass is 35.5. The molecular weight excluding hydrogens is 252 g/mol. The molecule has 1 aromatic carbocycles. The van der Waals surface area contributed by atoms with Gasteiger partial charge in [-0.2, -0.15) is 0 Å². The summed E-state index contributed by atoms with van der Waals surface area (Å²) in [5.41, 5.74) is 2.05. The lowest BCUT2D eigenvalue weighted by Gasteiger charge is -2.10. The Hall–Kier alpha value is -1.26. The molecule has 0 aromatic heterocycles. The van der Waals surface area contributed by atoms with Crippen LogP contribution in [0, 0.1) is 0 Å². The molecule has 5 heteroatoms. The molecule has 0 radical (unpaired) electrons. The molecule has 2 amide bonds. The molecule has 0 bridgehead atoms. The molecule has 1 saturated heterocycles. The third-order valence-electron chi connectivity index (χ3n) is 2.95. The van der Waals surface area contributed by atoms with Crippen LogP contribution >= 0.6 is 11.6 Å². The highest BCUT2D eigenvalue weighted by Gasteiger charge is 2.17. The molecule has 98 valence electrons. The smallest absolute Gasteiger partial charge is 0.319 e. The Morgan fingerprint density at radius 2 is 2.17 bits per heavy atom. The van der Waals surface area contributed by atoms with Crippen LogP contribution in [0.4, 0.5) is 10.5 Å². The van der Waals surface area contributed by atoms with Crippen LogP contribution in [-0.2, 0) is 4.74 Å². The fraction of sp³-hybridized carbons (Fsp3) is 0.462. The van der Waals surface area contributed by atoms with E-state index in [4.69, 9.17) is 16.3 Å². The first-order valence-corrected chi connectivity index (χ1v) is 6.61. The number of carbonyl (C=O) groups is 1. The molecule has 4 nitrogen and oxygen atoms in total.